The molecule has 0 saturated heterocycles. The van der Waals surface area contributed by atoms with Crippen molar-refractivity contribution in [2.24, 2.45) is 0 Å². The molecule has 0 radical (unpaired) electrons. The molecule has 3 aromatic heterocycles. The molecule has 0 spiro atoms. The van der Waals surface area contributed by atoms with Crippen LogP contribution in [-0.2, 0) is 0 Å². The Morgan fingerprint density at radius 1 is 0.957 bits per heavy atom. The fourth-order valence-electron chi connectivity index (χ4n) is 2.48. The number of nitrogens with zero attached hydrogens (tertiary/aromatic N) is 4. The van der Waals surface area contributed by atoms with Gasteiger partial charge in [0.15, 0.2) is 5.13 Å². The van der Waals surface area contributed by atoms with Crippen LogP contribution in [0.1, 0.15) is 5.69 Å². The summed E-state index contributed by atoms with van der Waals surface area (Å²) in [7, 11) is 0. The van der Waals surface area contributed by atoms with E-state index in [0.717, 1.165) is 38.8 Å². The van der Waals surface area contributed by atoms with Gasteiger partial charge in [-0.15, -0.1) is 11.3 Å². The maximum Gasteiger partial charge on any atom is 0.187 e. The molecular formula is C17H13N5S. The number of pyridine rings is 1. The second-order valence-electron chi connectivity index (χ2n) is 5.04. The zero-order chi connectivity index (χ0) is 15.6. The lowest BCUT2D eigenvalue weighted by Crippen LogP contribution is -1.97. The molecule has 4 aromatic rings. The van der Waals surface area contributed by atoms with Gasteiger partial charge in [-0.2, -0.15) is 0 Å². The first-order valence-electron chi connectivity index (χ1n) is 7.15. The van der Waals surface area contributed by atoms with Gasteiger partial charge in [-0.05, 0) is 31.2 Å². The van der Waals surface area contributed by atoms with E-state index in [9.17, 15) is 0 Å². The summed E-state index contributed by atoms with van der Waals surface area (Å²) in [6.45, 7) is 1.98. The molecule has 4 rings (SSSR count). The number of aryl methyl sites for hydroxylation is 1. The van der Waals surface area contributed by atoms with E-state index in [-0.39, 0.29) is 0 Å². The Hall–Kier alpha value is -2.86. The number of thiazole rings is 1. The molecule has 0 aliphatic carbocycles. The first-order valence-corrected chi connectivity index (χ1v) is 8.03. The van der Waals surface area contributed by atoms with Gasteiger partial charge in [0.25, 0.3) is 0 Å². The summed E-state index contributed by atoms with van der Waals surface area (Å²) in [5.41, 5.74) is 5.36. The van der Waals surface area contributed by atoms with Crippen molar-refractivity contribution < 1.29 is 0 Å². The van der Waals surface area contributed by atoms with Crippen LogP contribution in [0.25, 0.3) is 22.3 Å². The summed E-state index contributed by atoms with van der Waals surface area (Å²) in [5.74, 6) is 0. The summed E-state index contributed by atoms with van der Waals surface area (Å²) in [6, 6.07) is 9.92. The Morgan fingerprint density at radius 2 is 1.87 bits per heavy atom. The molecule has 1 aromatic carbocycles. The second-order valence-corrected chi connectivity index (χ2v) is 5.93. The molecule has 112 valence electrons. The van der Waals surface area contributed by atoms with Crippen molar-refractivity contribution in [1.29, 1.82) is 0 Å². The van der Waals surface area contributed by atoms with Gasteiger partial charge in [0.1, 0.15) is 5.52 Å². The van der Waals surface area contributed by atoms with E-state index in [1.54, 1.807) is 29.9 Å². The van der Waals surface area contributed by atoms with Crippen LogP contribution in [0, 0.1) is 6.92 Å². The number of anilines is 2. The minimum absolute atomic E-state index is 0.826. The number of aromatic nitrogens is 4. The molecule has 23 heavy (non-hydrogen) atoms. The Bertz CT molecular complexity index is 966. The van der Waals surface area contributed by atoms with Crippen molar-refractivity contribution in [3.8, 4) is 11.3 Å². The quantitative estimate of drug-likeness (QED) is 0.613. The maximum absolute atomic E-state index is 4.66. The molecule has 0 atom stereocenters. The largest absolute Gasteiger partial charge is 0.331 e. The average Bonchev–Trinajstić information content (AvgIpc) is 3.07. The SMILES string of the molecule is Cc1cccc(-c2c(Nc3nccs3)ccc3nccnc23)n1. The zero-order valence-corrected chi connectivity index (χ0v) is 13.2. The van der Waals surface area contributed by atoms with Gasteiger partial charge in [-0.1, -0.05) is 6.07 Å². The van der Waals surface area contributed by atoms with E-state index in [1.165, 1.54) is 0 Å². The van der Waals surface area contributed by atoms with Gasteiger partial charge < -0.3 is 5.32 Å². The Morgan fingerprint density at radius 3 is 2.70 bits per heavy atom. The van der Waals surface area contributed by atoms with Crippen molar-refractivity contribution in [1.82, 2.24) is 19.9 Å². The van der Waals surface area contributed by atoms with Crippen molar-refractivity contribution >= 4 is 33.2 Å². The summed E-state index contributed by atoms with van der Waals surface area (Å²) in [5, 5.41) is 6.14. The number of fused-ring (bicyclic) bond motifs is 1. The van der Waals surface area contributed by atoms with E-state index in [1.807, 2.05) is 42.6 Å². The molecule has 0 aliphatic rings. The molecule has 0 bridgehead atoms. The number of hydrogen-bond donors (Lipinski definition) is 1. The van der Waals surface area contributed by atoms with Gasteiger partial charge in [-0.3, -0.25) is 15.0 Å². The molecule has 5 nitrogen and oxygen atoms in total. The highest BCUT2D eigenvalue weighted by atomic mass is 32.1. The Balaban J connectivity index is 1.97. The minimum atomic E-state index is 0.826. The van der Waals surface area contributed by atoms with E-state index in [2.05, 4.69) is 25.3 Å². The minimum Gasteiger partial charge on any atom is -0.331 e. The molecule has 0 saturated carbocycles. The fraction of sp³-hybridized carbons (Fsp3) is 0.0588. The van der Waals surface area contributed by atoms with Gasteiger partial charge in [-0.25, -0.2) is 4.98 Å². The van der Waals surface area contributed by atoms with Gasteiger partial charge in [0.2, 0.25) is 0 Å². The summed E-state index contributed by atoms with van der Waals surface area (Å²) < 4.78 is 0. The molecule has 0 aliphatic heterocycles. The standard InChI is InChI=1S/C17H13N5S/c1-11-3-2-4-12(21-11)15-13(22-17-20-9-10-23-17)5-6-14-16(15)19-8-7-18-14/h2-10H,1H3,(H,20,22). The van der Waals surface area contributed by atoms with E-state index in [0.29, 0.717) is 0 Å². The van der Waals surface area contributed by atoms with Crippen molar-refractivity contribution in [2.45, 2.75) is 6.92 Å². The predicted octanol–water partition coefficient (Wildman–Crippen LogP) is 4.20. The highest BCUT2D eigenvalue weighted by Crippen LogP contribution is 2.34. The molecule has 0 amide bonds. The molecule has 0 fully saturated rings. The lowest BCUT2D eigenvalue weighted by Gasteiger charge is -2.12. The topological polar surface area (TPSA) is 63.6 Å². The molecule has 1 N–H and O–H groups in total. The average molecular weight is 319 g/mol. The third kappa shape index (κ3) is 2.64. The highest BCUT2D eigenvalue weighted by molar-refractivity contribution is 7.13. The molecule has 3 heterocycles. The van der Waals surface area contributed by atoms with Crippen LogP contribution in [0.5, 0.6) is 0 Å². The summed E-state index contributed by atoms with van der Waals surface area (Å²) in [4.78, 5) is 17.9. The number of nitrogens with one attached hydrogen (secondary N) is 1. The van der Waals surface area contributed by atoms with Crippen molar-refractivity contribution in [3.63, 3.8) is 0 Å². The second kappa shape index (κ2) is 5.73. The molecular weight excluding hydrogens is 306 g/mol. The molecule has 0 unspecified atom stereocenters. The van der Waals surface area contributed by atoms with Crippen molar-refractivity contribution in [2.75, 3.05) is 5.32 Å². The third-order valence-corrected chi connectivity index (χ3v) is 4.15. The zero-order valence-electron chi connectivity index (χ0n) is 12.4. The third-order valence-electron chi connectivity index (χ3n) is 3.46. The first-order chi connectivity index (χ1) is 11.3. The van der Waals surface area contributed by atoms with E-state index < -0.39 is 0 Å². The van der Waals surface area contributed by atoms with Crippen LogP contribution in [0.3, 0.4) is 0 Å². The van der Waals surface area contributed by atoms with Crippen LogP contribution in [0.2, 0.25) is 0 Å². The normalized spacial score (nSPS) is 10.8. The fourth-order valence-corrected chi connectivity index (χ4v) is 3.02. The summed E-state index contributed by atoms with van der Waals surface area (Å²) >= 11 is 1.55. The van der Waals surface area contributed by atoms with Crippen molar-refractivity contribution in [3.05, 3.63) is 60.0 Å². The van der Waals surface area contributed by atoms with E-state index in [4.69, 9.17) is 0 Å². The van der Waals surface area contributed by atoms with Crippen LogP contribution in [0.15, 0.2) is 54.3 Å². The van der Waals surface area contributed by atoms with Crippen LogP contribution in [-0.4, -0.2) is 19.9 Å². The van der Waals surface area contributed by atoms with Crippen LogP contribution >= 0.6 is 11.3 Å². The lowest BCUT2D eigenvalue weighted by atomic mass is 10.1. The number of benzene rings is 1. The van der Waals surface area contributed by atoms with E-state index >= 15 is 0 Å². The Labute approximate surface area is 137 Å². The van der Waals surface area contributed by atoms with Crippen LogP contribution in [0.4, 0.5) is 10.8 Å². The first kappa shape index (κ1) is 13.8. The predicted molar refractivity (Wildman–Crippen MR) is 92.9 cm³/mol. The number of hydrogen-bond acceptors (Lipinski definition) is 6. The smallest absolute Gasteiger partial charge is 0.187 e. The monoisotopic (exact) mass is 319 g/mol. The number of rotatable bonds is 3. The highest BCUT2D eigenvalue weighted by Gasteiger charge is 2.14. The summed E-state index contributed by atoms with van der Waals surface area (Å²) in [6.07, 6.45) is 5.18. The Kier molecular flexibility index (Phi) is 3.44. The molecule has 6 heteroatoms. The van der Waals surface area contributed by atoms with Gasteiger partial charge in [0, 0.05) is 29.7 Å². The van der Waals surface area contributed by atoms with Crippen LogP contribution < -0.4 is 5.32 Å². The lowest BCUT2D eigenvalue weighted by molar-refractivity contribution is 1.20. The maximum atomic E-state index is 4.66. The van der Waals surface area contributed by atoms with Gasteiger partial charge in [0.05, 0.1) is 22.5 Å². The van der Waals surface area contributed by atoms with Gasteiger partial charge >= 0.3 is 0 Å².